The average molecular weight is 784 g/mol. The van der Waals surface area contributed by atoms with Gasteiger partial charge in [0.1, 0.15) is 0 Å². The lowest BCUT2D eigenvalue weighted by Gasteiger charge is -2.50. The van der Waals surface area contributed by atoms with Crippen LogP contribution in [0.15, 0.2) is 231 Å². The number of anilines is 3. The summed E-state index contributed by atoms with van der Waals surface area (Å²) in [7, 11) is -6.06. The van der Waals surface area contributed by atoms with Crippen molar-refractivity contribution in [1.29, 1.82) is 0 Å². The van der Waals surface area contributed by atoms with Crippen LogP contribution in [-0.4, -0.2) is 22.9 Å². The highest BCUT2D eigenvalue weighted by molar-refractivity contribution is 7.32. The van der Waals surface area contributed by atoms with Gasteiger partial charge in [-0.2, -0.15) is 0 Å². The molecule has 0 unspecified atom stereocenters. The zero-order valence-corrected chi connectivity index (χ0v) is 34.4. The van der Waals surface area contributed by atoms with E-state index in [4.69, 9.17) is 4.74 Å². The van der Waals surface area contributed by atoms with Crippen molar-refractivity contribution in [1.82, 2.24) is 0 Å². The molecule has 9 aromatic rings. The zero-order valence-electron chi connectivity index (χ0n) is 32.4. The van der Waals surface area contributed by atoms with E-state index >= 15 is 0 Å². The fourth-order valence-corrected chi connectivity index (χ4v) is 21.7. The lowest BCUT2D eigenvalue weighted by molar-refractivity contribution is 0.477. The van der Waals surface area contributed by atoms with E-state index in [1.165, 1.54) is 57.9 Å². The molecule has 276 valence electrons. The van der Waals surface area contributed by atoms with Crippen LogP contribution < -0.4 is 67.5 Å². The first-order valence-electron chi connectivity index (χ1n) is 20.6. The van der Waals surface area contributed by atoms with E-state index in [1.54, 1.807) is 0 Å². The highest BCUT2D eigenvalue weighted by atomic mass is 28.3. The van der Waals surface area contributed by atoms with Crippen molar-refractivity contribution in [3.8, 4) is 11.5 Å². The molecule has 9 aromatic carbocycles. The summed E-state index contributed by atoms with van der Waals surface area (Å²) in [5.74, 6) is 1.71. The monoisotopic (exact) mass is 783 g/mol. The van der Waals surface area contributed by atoms with E-state index in [1.807, 2.05) is 0 Å². The third-order valence-corrected chi connectivity index (χ3v) is 22.9. The molecule has 59 heavy (non-hydrogen) atoms. The second-order valence-electron chi connectivity index (χ2n) is 15.9. The second-order valence-corrected chi connectivity index (χ2v) is 23.4. The number of fused-ring (bicyclic) bond motifs is 6. The summed E-state index contributed by atoms with van der Waals surface area (Å²) in [6.07, 6.45) is 0. The summed E-state index contributed by atoms with van der Waals surface area (Å²) < 4.78 is 6.65. The maximum absolute atomic E-state index is 6.65. The van der Waals surface area contributed by atoms with Crippen molar-refractivity contribution >= 4 is 97.8 Å². The third kappa shape index (κ3) is 4.74. The Labute approximate surface area is 347 Å². The number of para-hydroxylation sites is 4. The first kappa shape index (κ1) is 34.1. The Bertz CT molecular complexity index is 2770. The third-order valence-electron chi connectivity index (χ3n) is 13.1. The number of hydrogen-bond donors (Lipinski definition) is 0. The van der Waals surface area contributed by atoms with Gasteiger partial charge >= 0.3 is 0 Å². The van der Waals surface area contributed by atoms with Gasteiger partial charge in [0.2, 0.25) is 6.71 Å². The Morgan fingerprint density at radius 2 is 0.678 bits per heavy atom. The van der Waals surface area contributed by atoms with E-state index in [9.17, 15) is 0 Å². The smallest absolute Gasteiger partial charge is 0.240 e. The number of ether oxygens (including phenoxy) is 1. The highest BCUT2D eigenvalue weighted by Gasteiger charge is 2.57. The van der Waals surface area contributed by atoms with E-state index in [0.29, 0.717) is 0 Å². The summed E-state index contributed by atoms with van der Waals surface area (Å²) in [6.45, 7) is 0.0619. The van der Waals surface area contributed by atoms with Gasteiger partial charge in [0.05, 0.1) is 11.4 Å². The first-order chi connectivity index (χ1) is 29.3. The molecule has 3 aliphatic rings. The average Bonchev–Trinajstić information content (AvgIpc) is 3.32. The van der Waals surface area contributed by atoms with Gasteiger partial charge in [0, 0.05) is 5.69 Å². The maximum Gasteiger partial charge on any atom is 0.240 e. The van der Waals surface area contributed by atoms with Gasteiger partial charge in [-0.05, 0) is 77.9 Å². The molecule has 0 aromatic heterocycles. The molecule has 5 heteroatoms. The van der Waals surface area contributed by atoms with Crippen LogP contribution in [0.3, 0.4) is 0 Å². The normalized spacial score (nSPS) is 14.8. The SMILES string of the molecule is c1ccc([Si]2(c3ccccc3)c3ccccc3B3c4ccccc4[Si](c4ccccc4)(c4ccccc4)c4cc(N5c6ccccc6Oc6ccccc65)cc2c43)cc1. The fraction of sp³-hybridized carbons (Fsp3) is 0. The first-order valence-corrected chi connectivity index (χ1v) is 24.6. The molecule has 2 nitrogen and oxygen atoms in total. The van der Waals surface area contributed by atoms with E-state index in [-0.39, 0.29) is 6.71 Å². The second kappa shape index (κ2) is 13.3. The molecule has 12 rings (SSSR count). The molecule has 0 spiro atoms. The summed E-state index contributed by atoms with van der Waals surface area (Å²) >= 11 is 0. The Morgan fingerprint density at radius 3 is 1.08 bits per heavy atom. The van der Waals surface area contributed by atoms with Crippen LogP contribution in [0.1, 0.15) is 0 Å². The van der Waals surface area contributed by atoms with Crippen LogP contribution in [0.2, 0.25) is 0 Å². The molecule has 0 N–H and O–H groups in total. The molecular formula is C54H38BNOSi2. The summed E-state index contributed by atoms with van der Waals surface area (Å²) in [5.41, 5.74) is 7.58. The van der Waals surface area contributed by atoms with Crippen LogP contribution in [0, 0.1) is 0 Å². The molecule has 0 saturated carbocycles. The summed E-state index contributed by atoms with van der Waals surface area (Å²) in [6, 6.07) is 87.0. The van der Waals surface area contributed by atoms with E-state index in [0.717, 1.165) is 28.6 Å². The zero-order chi connectivity index (χ0) is 39.0. The van der Waals surface area contributed by atoms with Crippen molar-refractivity contribution < 1.29 is 4.74 Å². The molecular weight excluding hydrogens is 746 g/mol. The van der Waals surface area contributed by atoms with Crippen molar-refractivity contribution in [3.05, 3.63) is 231 Å². The Morgan fingerprint density at radius 1 is 0.339 bits per heavy atom. The van der Waals surface area contributed by atoms with Gasteiger partial charge in [-0.1, -0.05) is 211 Å². The largest absolute Gasteiger partial charge is 0.453 e. The van der Waals surface area contributed by atoms with E-state index in [2.05, 4.69) is 235 Å². The molecule has 0 amide bonds. The van der Waals surface area contributed by atoms with Gasteiger partial charge in [-0.3, -0.25) is 0 Å². The number of nitrogens with zero attached hydrogens (tertiary/aromatic N) is 1. The molecule has 0 radical (unpaired) electrons. The minimum atomic E-state index is -3.03. The van der Waals surface area contributed by atoms with Gasteiger partial charge in [-0.15, -0.1) is 0 Å². The van der Waals surface area contributed by atoms with Gasteiger partial charge in [-0.25, -0.2) is 0 Å². The number of rotatable bonds is 5. The molecule has 3 heterocycles. The van der Waals surface area contributed by atoms with Crippen molar-refractivity contribution in [2.45, 2.75) is 0 Å². The minimum absolute atomic E-state index is 0.0619. The number of benzene rings is 9. The summed E-state index contributed by atoms with van der Waals surface area (Å²) in [4.78, 5) is 2.48. The van der Waals surface area contributed by atoms with Crippen molar-refractivity contribution in [2.24, 2.45) is 0 Å². The summed E-state index contributed by atoms with van der Waals surface area (Å²) in [5, 5.41) is 11.4. The van der Waals surface area contributed by atoms with Crippen LogP contribution >= 0.6 is 0 Å². The van der Waals surface area contributed by atoms with Gasteiger partial charge in [0.15, 0.2) is 27.6 Å². The molecule has 0 fully saturated rings. The predicted molar refractivity (Wildman–Crippen MR) is 253 cm³/mol. The van der Waals surface area contributed by atoms with Crippen molar-refractivity contribution in [2.75, 3.05) is 4.90 Å². The van der Waals surface area contributed by atoms with Crippen LogP contribution in [0.25, 0.3) is 0 Å². The Kier molecular flexibility index (Phi) is 7.71. The Balaban J connectivity index is 1.34. The molecule has 0 saturated heterocycles. The quantitative estimate of drug-likeness (QED) is 0.224. The standard InChI is InChI=1S/C54H38BNOSi2/c1-5-21-40(22-6-1)58(41-23-7-2-8-24-41)50-35-19-13-29-44(50)55-45-30-14-20-36-51(45)59(42-25-9-3-10-26-42,43-27-11-4-12-28-43)53-38-39(37-52(58)54(53)55)56-46-31-15-17-33-48(46)57-49-34-18-16-32-47(49)56/h1-38H. The van der Waals surface area contributed by atoms with Gasteiger partial charge in [0.25, 0.3) is 0 Å². The number of hydrogen-bond acceptors (Lipinski definition) is 2. The molecule has 0 bridgehead atoms. The lowest BCUT2D eigenvalue weighted by atomic mass is 9.36. The van der Waals surface area contributed by atoms with Gasteiger partial charge < -0.3 is 9.64 Å². The van der Waals surface area contributed by atoms with Crippen LogP contribution in [0.5, 0.6) is 11.5 Å². The molecule has 3 aliphatic heterocycles. The molecule has 0 aliphatic carbocycles. The fourth-order valence-electron chi connectivity index (χ4n) is 11.0. The Hall–Kier alpha value is -6.92. The highest BCUT2D eigenvalue weighted by Crippen LogP contribution is 2.50. The van der Waals surface area contributed by atoms with E-state index < -0.39 is 16.1 Å². The topological polar surface area (TPSA) is 12.5 Å². The van der Waals surface area contributed by atoms with Crippen molar-refractivity contribution in [3.63, 3.8) is 0 Å². The predicted octanol–water partition coefficient (Wildman–Crippen LogP) is 5.16. The molecule has 0 atom stereocenters. The van der Waals surface area contributed by atoms with Crippen LogP contribution in [-0.2, 0) is 0 Å². The lowest BCUT2D eigenvalue weighted by Crippen LogP contribution is -2.95. The van der Waals surface area contributed by atoms with Crippen LogP contribution in [0.4, 0.5) is 17.1 Å². The minimum Gasteiger partial charge on any atom is -0.453 e. The maximum atomic E-state index is 6.65.